The molecule has 2 rings (SSSR count). The number of ether oxygens (including phenoxy) is 1. The van der Waals surface area contributed by atoms with E-state index in [0.29, 0.717) is 11.4 Å². The number of anilines is 1. The fraction of sp³-hybridized carbons (Fsp3) is 0.125. The fourth-order valence-electron chi connectivity index (χ4n) is 1.77. The van der Waals surface area contributed by atoms with Crippen LogP contribution >= 0.6 is 11.3 Å². The number of amides is 1. The molecule has 1 aromatic heterocycles. The summed E-state index contributed by atoms with van der Waals surface area (Å²) in [4.78, 5) is 13.1. The van der Waals surface area contributed by atoms with Crippen LogP contribution in [0.4, 0.5) is 5.69 Å². The van der Waals surface area contributed by atoms with Gasteiger partial charge in [-0.1, -0.05) is 12.1 Å². The average Bonchev–Trinajstić information content (AvgIpc) is 2.98. The van der Waals surface area contributed by atoms with Crippen molar-refractivity contribution in [1.82, 2.24) is 0 Å². The van der Waals surface area contributed by atoms with Crippen LogP contribution in [0.1, 0.15) is 10.4 Å². The van der Waals surface area contributed by atoms with E-state index in [4.69, 9.17) is 10.00 Å². The van der Waals surface area contributed by atoms with Crippen LogP contribution in [0.15, 0.2) is 41.3 Å². The third kappa shape index (κ3) is 3.71. The molecule has 21 heavy (non-hydrogen) atoms. The Hall–Kier alpha value is -2.58. The summed E-state index contributed by atoms with van der Waals surface area (Å²) in [7, 11) is 1.53. The first-order chi connectivity index (χ1) is 10.1. The van der Waals surface area contributed by atoms with Gasteiger partial charge in [-0.05, 0) is 42.1 Å². The lowest BCUT2D eigenvalue weighted by molar-refractivity contribution is -0.112. The van der Waals surface area contributed by atoms with Crippen LogP contribution in [0.25, 0.3) is 6.08 Å². The van der Waals surface area contributed by atoms with Crippen molar-refractivity contribution in [2.45, 2.75) is 6.92 Å². The molecule has 1 amide bonds. The van der Waals surface area contributed by atoms with E-state index in [1.807, 2.05) is 36.6 Å². The average molecular weight is 298 g/mol. The van der Waals surface area contributed by atoms with Gasteiger partial charge in [0, 0.05) is 4.88 Å². The van der Waals surface area contributed by atoms with Crippen molar-refractivity contribution in [3.05, 3.63) is 51.7 Å². The smallest absolute Gasteiger partial charge is 0.266 e. The van der Waals surface area contributed by atoms with E-state index in [1.165, 1.54) is 18.4 Å². The van der Waals surface area contributed by atoms with E-state index in [2.05, 4.69) is 5.32 Å². The van der Waals surface area contributed by atoms with Crippen molar-refractivity contribution < 1.29 is 9.53 Å². The van der Waals surface area contributed by atoms with E-state index in [-0.39, 0.29) is 5.57 Å². The molecule has 1 heterocycles. The van der Waals surface area contributed by atoms with E-state index in [0.717, 1.165) is 10.4 Å². The molecule has 0 fully saturated rings. The third-order valence-corrected chi connectivity index (χ3v) is 3.62. The Morgan fingerprint density at radius 3 is 2.86 bits per heavy atom. The summed E-state index contributed by atoms with van der Waals surface area (Å²) in [5.41, 5.74) is 1.60. The molecule has 0 aliphatic carbocycles. The molecular formula is C16H14N2O2S. The largest absolute Gasteiger partial charge is 0.495 e. The van der Waals surface area contributed by atoms with Gasteiger partial charge in [-0.2, -0.15) is 5.26 Å². The molecule has 5 heteroatoms. The molecule has 4 nitrogen and oxygen atoms in total. The topological polar surface area (TPSA) is 62.1 Å². The predicted octanol–water partition coefficient (Wildman–Crippen LogP) is 3.61. The number of methoxy groups -OCH3 is 1. The molecule has 0 unspecified atom stereocenters. The van der Waals surface area contributed by atoms with Crippen LogP contribution in [-0.2, 0) is 4.79 Å². The Morgan fingerprint density at radius 1 is 1.43 bits per heavy atom. The minimum Gasteiger partial charge on any atom is -0.495 e. The Labute approximate surface area is 127 Å². The highest BCUT2D eigenvalue weighted by atomic mass is 32.1. The summed E-state index contributed by atoms with van der Waals surface area (Å²) < 4.78 is 5.21. The third-order valence-electron chi connectivity index (χ3n) is 2.80. The van der Waals surface area contributed by atoms with Crippen molar-refractivity contribution >= 4 is 29.0 Å². The monoisotopic (exact) mass is 298 g/mol. The zero-order valence-electron chi connectivity index (χ0n) is 11.7. The summed E-state index contributed by atoms with van der Waals surface area (Å²) in [6.45, 7) is 1.92. The zero-order valence-corrected chi connectivity index (χ0v) is 12.5. The fourth-order valence-corrected chi connectivity index (χ4v) is 2.43. The van der Waals surface area contributed by atoms with Gasteiger partial charge < -0.3 is 10.1 Å². The molecule has 2 aromatic rings. The molecule has 106 valence electrons. The highest BCUT2D eigenvalue weighted by molar-refractivity contribution is 7.10. The summed E-state index contributed by atoms with van der Waals surface area (Å²) in [5, 5.41) is 13.8. The Bertz CT molecular complexity index is 712. The summed E-state index contributed by atoms with van der Waals surface area (Å²) in [6, 6.07) is 11.1. The SMILES string of the molecule is COc1ccc(C)cc1NC(=O)/C(C#N)=C/c1cccs1. The van der Waals surface area contributed by atoms with Gasteiger partial charge >= 0.3 is 0 Å². The molecule has 0 radical (unpaired) electrons. The first kappa shape index (κ1) is 14.8. The Kier molecular flexibility index (Phi) is 4.75. The van der Waals surface area contributed by atoms with Gasteiger partial charge in [-0.25, -0.2) is 0 Å². The second-order valence-corrected chi connectivity index (χ2v) is 5.32. The van der Waals surface area contributed by atoms with E-state index in [9.17, 15) is 4.79 Å². The number of hydrogen-bond acceptors (Lipinski definition) is 4. The van der Waals surface area contributed by atoms with Gasteiger partial charge in [0.2, 0.25) is 0 Å². The van der Waals surface area contributed by atoms with Crippen LogP contribution in [0.3, 0.4) is 0 Å². The minimum atomic E-state index is -0.449. The molecule has 0 spiro atoms. The highest BCUT2D eigenvalue weighted by Crippen LogP contribution is 2.26. The summed E-state index contributed by atoms with van der Waals surface area (Å²) in [5.74, 6) is 0.108. The number of carbonyl (C=O) groups excluding carboxylic acids is 1. The molecule has 1 aromatic carbocycles. The minimum absolute atomic E-state index is 0.0565. The number of nitrogens with one attached hydrogen (secondary N) is 1. The number of rotatable bonds is 4. The van der Waals surface area contributed by atoms with Gasteiger partial charge in [0.25, 0.3) is 5.91 Å². The van der Waals surface area contributed by atoms with Crippen LogP contribution in [-0.4, -0.2) is 13.0 Å². The lowest BCUT2D eigenvalue weighted by Crippen LogP contribution is -2.14. The van der Waals surface area contributed by atoms with Crippen LogP contribution in [0.2, 0.25) is 0 Å². The van der Waals surface area contributed by atoms with Crippen molar-refractivity contribution in [2.75, 3.05) is 12.4 Å². The first-order valence-electron chi connectivity index (χ1n) is 6.25. The summed E-state index contributed by atoms with van der Waals surface area (Å²) >= 11 is 1.47. The quantitative estimate of drug-likeness (QED) is 0.693. The zero-order chi connectivity index (χ0) is 15.2. The molecule has 0 saturated heterocycles. The van der Waals surface area contributed by atoms with Crippen LogP contribution in [0, 0.1) is 18.3 Å². The first-order valence-corrected chi connectivity index (χ1v) is 7.13. The molecule has 0 bridgehead atoms. The molecule has 0 atom stereocenters. The second-order valence-electron chi connectivity index (χ2n) is 4.34. The van der Waals surface area contributed by atoms with Crippen LogP contribution < -0.4 is 10.1 Å². The van der Waals surface area contributed by atoms with E-state index in [1.54, 1.807) is 18.2 Å². The number of benzene rings is 1. The second kappa shape index (κ2) is 6.73. The number of aryl methyl sites for hydroxylation is 1. The molecule has 0 aliphatic heterocycles. The van der Waals surface area contributed by atoms with Gasteiger partial charge in [-0.3, -0.25) is 4.79 Å². The van der Waals surface area contributed by atoms with Gasteiger partial charge in [0.05, 0.1) is 12.8 Å². The summed E-state index contributed by atoms with van der Waals surface area (Å²) in [6.07, 6.45) is 1.57. The Balaban J connectivity index is 2.25. The number of thiophene rings is 1. The lowest BCUT2D eigenvalue weighted by atomic mass is 10.2. The van der Waals surface area contributed by atoms with Gasteiger partial charge in [-0.15, -0.1) is 11.3 Å². The van der Waals surface area contributed by atoms with Crippen molar-refractivity contribution in [1.29, 1.82) is 5.26 Å². The van der Waals surface area contributed by atoms with Crippen LogP contribution in [0.5, 0.6) is 5.75 Å². The maximum absolute atomic E-state index is 12.2. The molecule has 1 N–H and O–H groups in total. The van der Waals surface area contributed by atoms with Gasteiger partial charge in [0.15, 0.2) is 0 Å². The van der Waals surface area contributed by atoms with E-state index >= 15 is 0 Å². The van der Waals surface area contributed by atoms with Gasteiger partial charge in [0.1, 0.15) is 17.4 Å². The van der Waals surface area contributed by atoms with Crippen molar-refractivity contribution in [3.63, 3.8) is 0 Å². The van der Waals surface area contributed by atoms with Crippen molar-refractivity contribution in [2.24, 2.45) is 0 Å². The number of nitriles is 1. The Morgan fingerprint density at radius 2 is 2.24 bits per heavy atom. The maximum Gasteiger partial charge on any atom is 0.266 e. The predicted molar refractivity (Wildman–Crippen MR) is 84.3 cm³/mol. The van der Waals surface area contributed by atoms with E-state index < -0.39 is 5.91 Å². The number of carbonyl (C=O) groups is 1. The molecule has 0 saturated carbocycles. The molecular weight excluding hydrogens is 284 g/mol. The van der Waals surface area contributed by atoms with Crippen molar-refractivity contribution in [3.8, 4) is 11.8 Å². The normalized spacial score (nSPS) is 10.8. The standard InChI is InChI=1S/C16H14N2O2S/c1-11-5-6-15(20-2)14(8-11)18-16(19)12(10-17)9-13-4-3-7-21-13/h3-9H,1-2H3,(H,18,19)/b12-9+. The number of nitrogens with zero attached hydrogens (tertiary/aromatic N) is 1. The molecule has 0 aliphatic rings. The maximum atomic E-state index is 12.2. The lowest BCUT2D eigenvalue weighted by Gasteiger charge is -2.10. The highest BCUT2D eigenvalue weighted by Gasteiger charge is 2.12. The number of hydrogen-bond donors (Lipinski definition) is 1.